The molecule has 0 saturated carbocycles. The smallest absolute Gasteiger partial charge is 0.261 e. The number of carbonyl (C=O) groups excluding carboxylic acids is 1. The Morgan fingerprint density at radius 2 is 1.81 bits per heavy atom. The molecule has 0 aromatic heterocycles. The van der Waals surface area contributed by atoms with Crippen molar-refractivity contribution in [2.45, 2.75) is 4.90 Å². The second-order valence-electron chi connectivity index (χ2n) is 7.40. The molecule has 1 aliphatic rings. The van der Waals surface area contributed by atoms with Gasteiger partial charge in [0, 0.05) is 56.7 Å². The minimum absolute atomic E-state index is 0.0881. The van der Waals surface area contributed by atoms with E-state index in [2.05, 4.69) is 14.9 Å². The molecular weight excluding hydrogens is 440 g/mol. The topological polar surface area (TPSA) is 91.0 Å². The normalized spacial score (nSPS) is 14.8. The molecule has 31 heavy (non-hydrogen) atoms. The Hall–Kier alpha value is -2.33. The molecule has 2 aromatic carbocycles. The lowest BCUT2D eigenvalue weighted by Crippen LogP contribution is -2.41. The van der Waals surface area contributed by atoms with Crippen molar-refractivity contribution in [1.29, 1.82) is 0 Å². The molecule has 0 atom stereocenters. The lowest BCUT2D eigenvalue weighted by atomic mass is 10.1. The zero-order valence-corrected chi connectivity index (χ0v) is 19.2. The van der Waals surface area contributed by atoms with Crippen LogP contribution in [0, 0.1) is 0 Å². The molecule has 8 nitrogen and oxygen atoms in total. The quantitative estimate of drug-likeness (QED) is 0.620. The molecule has 168 valence electrons. The van der Waals surface area contributed by atoms with Gasteiger partial charge >= 0.3 is 0 Å². The molecule has 1 fully saturated rings. The summed E-state index contributed by atoms with van der Waals surface area (Å²) in [4.78, 5) is 17.0. The zero-order chi connectivity index (χ0) is 22.4. The Kier molecular flexibility index (Phi) is 7.77. The largest absolute Gasteiger partial charge is 0.379 e. The summed E-state index contributed by atoms with van der Waals surface area (Å²) in [6.07, 6.45) is 0. The van der Waals surface area contributed by atoms with Gasteiger partial charge in [-0.3, -0.25) is 14.4 Å². The number of hydrogen-bond acceptors (Lipinski definition) is 6. The lowest BCUT2D eigenvalue weighted by Gasteiger charge is -2.26. The van der Waals surface area contributed by atoms with Crippen LogP contribution in [0.25, 0.3) is 0 Å². The fourth-order valence-electron chi connectivity index (χ4n) is 3.25. The van der Waals surface area contributed by atoms with E-state index in [1.165, 1.54) is 24.3 Å². The third-order valence-electron chi connectivity index (χ3n) is 4.92. The predicted molar refractivity (Wildman–Crippen MR) is 123 cm³/mol. The zero-order valence-electron chi connectivity index (χ0n) is 17.6. The fraction of sp³-hybridized carbons (Fsp3) is 0.381. The van der Waals surface area contributed by atoms with Crippen LogP contribution in [0.2, 0.25) is 5.02 Å². The van der Waals surface area contributed by atoms with Crippen molar-refractivity contribution in [2.75, 3.05) is 63.1 Å². The van der Waals surface area contributed by atoms with Crippen LogP contribution in [-0.2, 0) is 14.8 Å². The molecule has 2 N–H and O–H groups in total. The Morgan fingerprint density at radius 1 is 1.13 bits per heavy atom. The number of benzene rings is 2. The van der Waals surface area contributed by atoms with Crippen LogP contribution in [0.4, 0.5) is 11.4 Å². The molecule has 2 aromatic rings. The number of amides is 1. The van der Waals surface area contributed by atoms with Crippen LogP contribution in [0.1, 0.15) is 10.4 Å². The van der Waals surface area contributed by atoms with Crippen LogP contribution in [-0.4, -0.2) is 72.7 Å². The first kappa shape index (κ1) is 23.3. The number of carbonyl (C=O) groups is 1. The molecule has 0 radical (unpaired) electrons. The van der Waals surface area contributed by atoms with Crippen LogP contribution >= 0.6 is 11.6 Å². The van der Waals surface area contributed by atoms with Gasteiger partial charge < -0.3 is 15.0 Å². The lowest BCUT2D eigenvalue weighted by molar-refractivity contribution is 0.0383. The van der Waals surface area contributed by atoms with Gasteiger partial charge in [-0.2, -0.15) is 0 Å². The first-order valence-corrected chi connectivity index (χ1v) is 11.8. The first-order valence-electron chi connectivity index (χ1n) is 9.94. The average molecular weight is 467 g/mol. The van der Waals surface area contributed by atoms with Crippen molar-refractivity contribution in [3.63, 3.8) is 0 Å². The van der Waals surface area contributed by atoms with Crippen molar-refractivity contribution >= 4 is 38.9 Å². The van der Waals surface area contributed by atoms with Gasteiger partial charge in [0.2, 0.25) is 0 Å². The number of sulfonamides is 1. The van der Waals surface area contributed by atoms with E-state index in [0.29, 0.717) is 41.7 Å². The molecule has 0 bridgehead atoms. The van der Waals surface area contributed by atoms with Crippen LogP contribution in [0.5, 0.6) is 0 Å². The predicted octanol–water partition coefficient (Wildman–Crippen LogP) is 2.27. The van der Waals surface area contributed by atoms with E-state index in [1.54, 1.807) is 18.2 Å². The minimum atomic E-state index is -3.81. The van der Waals surface area contributed by atoms with E-state index in [0.717, 1.165) is 19.6 Å². The van der Waals surface area contributed by atoms with Gasteiger partial charge in [-0.1, -0.05) is 11.6 Å². The van der Waals surface area contributed by atoms with Crippen LogP contribution in [0.3, 0.4) is 0 Å². The second kappa shape index (κ2) is 10.3. The van der Waals surface area contributed by atoms with E-state index in [-0.39, 0.29) is 10.8 Å². The molecule has 10 heteroatoms. The maximum atomic E-state index is 12.9. The number of morpholine rings is 1. The van der Waals surface area contributed by atoms with Gasteiger partial charge in [0.1, 0.15) is 0 Å². The number of nitrogens with zero attached hydrogens (tertiary/aromatic N) is 2. The number of hydrogen-bond donors (Lipinski definition) is 2. The van der Waals surface area contributed by atoms with Gasteiger partial charge in [0.05, 0.1) is 23.7 Å². The van der Waals surface area contributed by atoms with Crippen molar-refractivity contribution in [2.24, 2.45) is 0 Å². The fourth-order valence-corrected chi connectivity index (χ4v) is 4.42. The van der Waals surface area contributed by atoms with Crippen molar-refractivity contribution in [1.82, 2.24) is 10.2 Å². The molecule has 0 unspecified atom stereocenters. The molecule has 0 spiro atoms. The van der Waals surface area contributed by atoms with Gasteiger partial charge in [-0.15, -0.1) is 0 Å². The maximum absolute atomic E-state index is 12.9. The Morgan fingerprint density at radius 3 is 2.45 bits per heavy atom. The van der Waals surface area contributed by atoms with Crippen LogP contribution in [0.15, 0.2) is 47.4 Å². The molecule has 1 aliphatic heterocycles. The van der Waals surface area contributed by atoms with Crippen molar-refractivity contribution in [3.05, 3.63) is 53.1 Å². The standard InChI is InChI=1S/C21H27ClN4O4S/c1-25(2)20-8-5-17(24-31(28,29)18-6-3-16(22)4-7-18)15-19(20)21(27)23-9-10-26-11-13-30-14-12-26/h3-8,15,24H,9-14H2,1-2H3,(H,23,27). The number of nitrogens with one attached hydrogen (secondary N) is 2. The van der Waals surface area contributed by atoms with Gasteiger partial charge in [0.25, 0.3) is 15.9 Å². The highest BCUT2D eigenvalue weighted by molar-refractivity contribution is 7.92. The summed E-state index contributed by atoms with van der Waals surface area (Å²) in [5.74, 6) is -0.260. The molecule has 3 rings (SSSR count). The highest BCUT2D eigenvalue weighted by Crippen LogP contribution is 2.25. The van der Waals surface area contributed by atoms with Crippen LogP contribution < -0.4 is 14.9 Å². The number of ether oxygens (including phenoxy) is 1. The van der Waals surface area contributed by atoms with E-state index >= 15 is 0 Å². The van der Waals surface area contributed by atoms with Gasteiger partial charge in [-0.05, 0) is 42.5 Å². The summed E-state index contributed by atoms with van der Waals surface area (Å²) < 4.78 is 33.2. The van der Waals surface area contributed by atoms with E-state index < -0.39 is 10.0 Å². The highest BCUT2D eigenvalue weighted by atomic mass is 35.5. The molecule has 1 amide bonds. The first-order chi connectivity index (χ1) is 14.8. The Balaban J connectivity index is 1.73. The average Bonchev–Trinajstić information content (AvgIpc) is 2.74. The number of anilines is 2. The summed E-state index contributed by atoms with van der Waals surface area (Å²) in [5.41, 5.74) is 1.39. The number of rotatable bonds is 8. The van der Waals surface area contributed by atoms with Crippen molar-refractivity contribution < 1.29 is 17.9 Å². The summed E-state index contributed by atoms with van der Waals surface area (Å²) >= 11 is 5.84. The Labute approximate surface area is 188 Å². The molecular formula is C21H27ClN4O4S. The maximum Gasteiger partial charge on any atom is 0.261 e. The molecule has 1 heterocycles. The third-order valence-corrected chi connectivity index (χ3v) is 6.57. The minimum Gasteiger partial charge on any atom is -0.379 e. The van der Waals surface area contributed by atoms with E-state index in [9.17, 15) is 13.2 Å². The third kappa shape index (κ3) is 6.33. The second-order valence-corrected chi connectivity index (χ2v) is 9.51. The number of halogens is 1. The highest BCUT2D eigenvalue weighted by Gasteiger charge is 2.18. The van der Waals surface area contributed by atoms with Crippen molar-refractivity contribution in [3.8, 4) is 0 Å². The van der Waals surface area contributed by atoms with E-state index in [4.69, 9.17) is 16.3 Å². The van der Waals surface area contributed by atoms with Gasteiger partial charge in [-0.25, -0.2) is 8.42 Å². The summed E-state index contributed by atoms with van der Waals surface area (Å²) in [7, 11) is -0.148. The Bertz CT molecular complexity index is 1010. The van der Waals surface area contributed by atoms with E-state index in [1.807, 2.05) is 19.0 Å². The summed E-state index contributed by atoms with van der Waals surface area (Å²) in [6.45, 7) is 4.33. The summed E-state index contributed by atoms with van der Waals surface area (Å²) in [5, 5.41) is 3.38. The monoisotopic (exact) mass is 466 g/mol. The molecule has 0 aliphatic carbocycles. The SMILES string of the molecule is CN(C)c1ccc(NS(=O)(=O)c2ccc(Cl)cc2)cc1C(=O)NCCN1CCOCC1. The summed E-state index contributed by atoms with van der Waals surface area (Å²) in [6, 6.07) is 10.8. The molecule has 1 saturated heterocycles. The van der Waals surface area contributed by atoms with Gasteiger partial charge in [0.15, 0.2) is 0 Å².